The minimum Gasteiger partial charge on any atom is -0.361 e. The van der Waals surface area contributed by atoms with Crippen LogP contribution in [-0.4, -0.2) is 46.2 Å². The van der Waals surface area contributed by atoms with Gasteiger partial charge >= 0.3 is 0 Å². The van der Waals surface area contributed by atoms with E-state index in [9.17, 15) is 9.59 Å². The fourth-order valence-electron chi connectivity index (χ4n) is 3.53. The van der Waals surface area contributed by atoms with Crippen molar-refractivity contribution in [2.24, 2.45) is 5.92 Å². The van der Waals surface area contributed by atoms with Crippen LogP contribution in [0, 0.1) is 5.92 Å². The second kappa shape index (κ2) is 7.55. The Labute approximate surface area is 148 Å². The number of nitrogens with zero attached hydrogens (tertiary/aromatic N) is 2. The molecule has 3 rings (SSSR count). The van der Waals surface area contributed by atoms with Crippen molar-refractivity contribution < 1.29 is 9.59 Å². The summed E-state index contributed by atoms with van der Waals surface area (Å²) < 4.78 is 0. The van der Waals surface area contributed by atoms with Gasteiger partial charge in [0.2, 0.25) is 11.8 Å². The summed E-state index contributed by atoms with van der Waals surface area (Å²) in [5.41, 5.74) is 2.22. The van der Waals surface area contributed by atoms with Crippen LogP contribution in [0.1, 0.15) is 25.3 Å². The van der Waals surface area contributed by atoms with E-state index >= 15 is 0 Å². The SMILES string of the molecule is C=CC(=O)N1CCCC(C(=O)N(CC)Cc2ccc3[nH]ccc3c2)C1. The molecular formula is C20H25N3O2. The van der Waals surface area contributed by atoms with Crippen molar-refractivity contribution in [1.29, 1.82) is 0 Å². The highest BCUT2D eigenvalue weighted by Gasteiger charge is 2.30. The number of likely N-dealkylation sites (tertiary alicyclic amines) is 1. The van der Waals surface area contributed by atoms with Gasteiger partial charge in [0.25, 0.3) is 0 Å². The molecule has 132 valence electrons. The number of piperidine rings is 1. The lowest BCUT2D eigenvalue weighted by molar-refractivity contribution is -0.139. The van der Waals surface area contributed by atoms with Crippen LogP contribution in [0.15, 0.2) is 43.1 Å². The van der Waals surface area contributed by atoms with E-state index < -0.39 is 0 Å². The third kappa shape index (κ3) is 3.76. The molecule has 0 spiro atoms. The first-order valence-corrected chi connectivity index (χ1v) is 8.88. The first kappa shape index (κ1) is 17.3. The van der Waals surface area contributed by atoms with Crippen molar-refractivity contribution in [1.82, 2.24) is 14.8 Å². The summed E-state index contributed by atoms with van der Waals surface area (Å²) >= 11 is 0. The zero-order chi connectivity index (χ0) is 17.8. The van der Waals surface area contributed by atoms with E-state index in [0.29, 0.717) is 26.2 Å². The molecule has 0 bridgehead atoms. The lowest BCUT2D eigenvalue weighted by Gasteiger charge is -2.34. The van der Waals surface area contributed by atoms with Crippen LogP contribution in [-0.2, 0) is 16.1 Å². The van der Waals surface area contributed by atoms with Gasteiger partial charge in [-0.05, 0) is 55.0 Å². The highest BCUT2D eigenvalue weighted by atomic mass is 16.2. The van der Waals surface area contributed by atoms with Gasteiger partial charge in [-0.1, -0.05) is 12.6 Å². The molecule has 1 aliphatic heterocycles. The van der Waals surface area contributed by atoms with Crippen LogP contribution in [0.4, 0.5) is 0 Å². The largest absolute Gasteiger partial charge is 0.361 e. The average Bonchev–Trinajstić information content (AvgIpc) is 3.12. The number of aromatic nitrogens is 1. The first-order chi connectivity index (χ1) is 12.1. The van der Waals surface area contributed by atoms with Crippen molar-refractivity contribution >= 4 is 22.7 Å². The van der Waals surface area contributed by atoms with Gasteiger partial charge in [0.1, 0.15) is 0 Å². The van der Waals surface area contributed by atoms with E-state index in [4.69, 9.17) is 0 Å². The first-order valence-electron chi connectivity index (χ1n) is 8.88. The molecule has 1 aliphatic rings. The number of H-pyrrole nitrogens is 1. The summed E-state index contributed by atoms with van der Waals surface area (Å²) in [6.45, 7) is 8.02. The fourth-order valence-corrected chi connectivity index (χ4v) is 3.53. The minimum atomic E-state index is -0.117. The van der Waals surface area contributed by atoms with E-state index in [1.165, 1.54) is 6.08 Å². The van der Waals surface area contributed by atoms with Gasteiger partial charge in [0, 0.05) is 37.9 Å². The predicted octanol–water partition coefficient (Wildman–Crippen LogP) is 2.94. The van der Waals surface area contributed by atoms with E-state index in [0.717, 1.165) is 29.3 Å². The molecule has 1 aromatic heterocycles. The molecule has 0 saturated carbocycles. The van der Waals surface area contributed by atoms with Gasteiger partial charge in [-0.25, -0.2) is 0 Å². The number of rotatable bonds is 5. The Morgan fingerprint density at radius 2 is 2.24 bits per heavy atom. The Morgan fingerprint density at radius 1 is 1.40 bits per heavy atom. The maximum atomic E-state index is 13.0. The number of hydrogen-bond acceptors (Lipinski definition) is 2. The van der Waals surface area contributed by atoms with Crippen molar-refractivity contribution in [2.75, 3.05) is 19.6 Å². The Kier molecular flexibility index (Phi) is 5.22. The van der Waals surface area contributed by atoms with Crippen LogP contribution in [0.2, 0.25) is 0 Å². The zero-order valence-electron chi connectivity index (χ0n) is 14.7. The highest BCUT2D eigenvalue weighted by Crippen LogP contribution is 2.21. The third-order valence-electron chi connectivity index (χ3n) is 4.94. The molecule has 1 unspecified atom stereocenters. The molecule has 1 atom stereocenters. The molecule has 0 radical (unpaired) electrons. The summed E-state index contributed by atoms with van der Waals surface area (Å²) in [5.74, 6) is -0.0646. The lowest BCUT2D eigenvalue weighted by atomic mass is 9.96. The molecule has 2 heterocycles. The van der Waals surface area contributed by atoms with E-state index in [-0.39, 0.29) is 17.7 Å². The molecule has 5 heteroatoms. The maximum absolute atomic E-state index is 13.0. The Balaban J connectivity index is 1.69. The standard InChI is InChI=1S/C20H25N3O2/c1-3-19(24)23-11-5-6-17(14-23)20(25)22(4-2)13-15-7-8-18-16(12-15)9-10-21-18/h3,7-10,12,17,21H,1,4-6,11,13-14H2,2H3. The van der Waals surface area contributed by atoms with Crippen molar-refractivity contribution in [3.05, 3.63) is 48.7 Å². The quantitative estimate of drug-likeness (QED) is 0.852. The zero-order valence-corrected chi connectivity index (χ0v) is 14.7. The molecule has 1 saturated heterocycles. The number of aromatic amines is 1. The number of fused-ring (bicyclic) bond motifs is 1. The van der Waals surface area contributed by atoms with E-state index in [2.05, 4.69) is 23.7 Å². The molecule has 1 N–H and O–H groups in total. The number of hydrogen-bond donors (Lipinski definition) is 1. The topological polar surface area (TPSA) is 56.4 Å². The molecule has 2 amide bonds. The molecule has 1 aromatic carbocycles. The van der Waals surface area contributed by atoms with Gasteiger partial charge in [-0.3, -0.25) is 9.59 Å². The molecule has 1 fully saturated rings. The van der Waals surface area contributed by atoms with Gasteiger partial charge in [0.05, 0.1) is 5.92 Å². The summed E-state index contributed by atoms with van der Waals surface area (Å²) in [4.78, 5) is 31.6. The summed E-state index contributed by atoms with van der Waals surface area (Å²) in [6, 6.07) is 8.27. The number of amides is 2. The third-order valence-corrected chi connectivity index (χ3v) is 4.94. The predicted molar refractivity (Wildman–Crippen MR) is 98.9 cm³/mol. The molecular weight excluding hydrogens is 314 g/mol. The summed E-state index contributed by atoms with van der Waals surface area (Å²) in [7, 11) is 0. The van der Waals surface area contributed by atoms with Gasteiger partial charge < -0.3 is 14.8 Å². The maximum Gasteiger partial charge on any atom is 0.245 e. The van der Waals surface area contributed by atoms with Crippen molar-refractivity contribution in [3.8, 4) is 0 Å². The number of carbonyl (C=O) groups excluding carboxylic acids is 2. The van der Waals surface area contributed by atoms with Crippen LogP contribution in [0.5, 0.6) is 0 Å². The lowest BCUT2D eigenvalue weighted by Crippen LogP contribution is -2.46. The molecule has 25 heavy (non-hydrogen) atoms. The molecule has 5 nitrogen and oxygen atoms in total. The Hall–Kier alpha value is -2.56. The van der Waals surface area contributed by atoms with Crippen LogP contribution < -0.4 is 0 Å². The minimum absolute atomic E-state index is 0.0848. The Morgan fingerprint density at radius 3 is 3.00 bits per heavy atom. The normalized spacial score (nSPS) is 17.5. The number of carbonyl (C=O) groups is 2. The average molecular weight is 339 g/mol. The van der Waals surface area contributed by atoms with Crippen molar-refractivity contribution in [2.45, 2.75) is 26.3 Å². The van der Waals surface area contributed by atoms with Crippen LogP contribution in [0.25, 0.3) is 10.9 Å². The van der Waals surface area contributed by atoms with Crippen molar-refractivity contribution in [3.63, 3.8) is 0 Å². The molecule has 2 aromatic rings. The fraction of sp³-hybridized carbons (Fsp3) is 0.400. The highest BCUT2D eigenvalue weighted by molar-refractivity contribution is 5.88. The van der Waals surface area contributed by atoms with Crippen LogP contribution in [0.3, 0.4) is 0 Å². The number of benzene rings is 1. The second-order valence-electron chi connectivity index (χ2n) is 6.58. The summed E-state index contributed by atoms with van der Waals surface area (Å²) in [5, 5.41) is 1.15. The monoisotopic (exact) mass is 339 g/mol. The van der Waals surface area contributed by atoms with Gasteiger partial charge in [-0.2, -0.15) is 0 Å². The van der Waals surface area contributed by atoms with E-state index in [1.807, 2.05) is 30.2 Å². The smallest absolute Gasteiger partial charge is 0.245 e. The van der Waals surface area contributed by atoms with Gasteiger partial charge in [0.15, 0.2) is 0 Å². The second-order valence-corrected chi connectivity index (χ2v) is 6.58. The number of nitrogens with one attached hydrogen (secondary N) is 1. The Bertz CT molecular complexity index is 780. The summed E-state index contributed by atoms with van der Waals surface area (Å²) in [6.07, 6.45) is 4.96. The molecule has 0 aliphatic carbocycles. The van der Waals surface area contributed by atoms with E-state index in [1.54, 1.807) is 4.90 Å². The van der Waals surface area contributed by atoms with Gasteiger partial charge in [-0.15, -0.1) is 0 Å². The van der Waals surface area contributed by atoms with Crippen LogP contribution >= 0.6 is 0 Å².